The molecule has 0 spiro atoms. The number of isocyanates is 1. The largest absolute Gasteiger partial charge is 0.469 e. The fourth-order valence-corrected chi connectivity index (χ4v) is 75.9. The third-order valence-electron chi connectivity index (χ3n) is 9.45. The Morgan fingerprint density at radius 3 is 0.971 bits per heavy atom. The van der Waals surface area contributed by atoms with Gasteiger partial charge in [-0.25, -0.2) is 9.79 Å². The Labute approximate surface area is 457 Å². The van der Waals surface area contributed by atoms with E-state index in [4.69, 9.17) is 57.6 Å². The molecular weight excluding hydrogens is 1190 g/mol. The molecule has 0 aliphatic heterocycles. The average Bonchev–Trinajstić information content (AvgIpc) is 3.10. The normalized spacial score (nSPS) is 14.6. The summed E-state index contributed by atoms with van der Waals surface area (Å²) in [6, 6.07) is 6.89. The highest BCUT2D eigenvalue weighted by atomic mass is 28.5. The first-order valence-electron chi connectivity index (χ1n) is 24.5. The summed E-state index contributed by atoms with van der Waals surface area (Å²) >= 11 is 0. The summed E-state index contributed by atoms with van der Waals surface area (Å²) in [6.45, 7) is 49.8. The maximum Gasteiger partial charge on any atom is 0.469 e. The lowest BCUT2D eigenvalue weighted by Crippen LogP contribution is -2.62. The van der Waals surface area contributed by atoms with E-state index in [1.54, 1.807) is 6.08 Å². The van der Waals surface area contributed by atoms with Gasteiger partial charge in [0.15, 0.2) is 25.0 Å². The van der Waals surface area contributed by atoms with E-state index in [1.165, 1.54) is 12.8 Å². The van der Waals surface area contributed by atoms with Crippen LogP contribution in [0.1, 0.15) is 26.2 Å². The molecule has 0 aliphatic carbocycles. The van der Waals surface area contributed by atoms with Crippen LogP contribution in [0.25, 0.3) is 0 Å². The van der Waals surface area contributed by atoms with Gasteiger partial charge in [0.2, 0.25) is 66.1 Å². The van der Waals surface area contributed by atoms with E-state index in [0.717, 1.165) is 42.3 Å². The van der Waals surface area contributed by atoms with Crippen LogP contribution in [0.5, 0.6) is 0 Å². The molecule has 0 saturated heterocycles. The fourth-order valence-electron chi connectivity index (χ4n) is 8.68. The Bertz CT molecular complexity index is 1530. The second-order valence-corrected chi connectivity index (χ2v) is 73.8. The summed E-state index contributed by atoms with van der Waals surface area (Å²) < 4.78 is 92.8. The van der Waals surface area contributed by atoms with E-state index in [-0.39, 0.29) is 19.5 Å². The molecule has 0 atom stereocenters. The zero-order valence-corrected chi connectivity index (χ0v) is 65.6. The summed E-state index contributed by atoms with van der Waals surface area (Å²) in [7, 11) is -23.9. The second kappa shape index (κ2) is 31.5. The number of unbranched alkanes of at least 4 members (excludes halogenated alkanes) is 1. The molecule has 0 amide bonds. The Morgan fingerprint density at radius 1 is 0.386 bits per heavy atom. The predicted octanol–water partition coefficient (Wildman–Crippen LogP) is 10.2. The van der Waals surface area contributed by atoms with Crippen LogP contribution in [0.4, 0.5) is 0 Å². The Balaban J connectivity index is 5.86. The highest BCUT2D eigenvalue weighted by molar-refractivity contribution is 6.93. The van der Waals surface area contributed by atoms with Crippen molar-refractivity contribution in [2.24, 2.45) is 4.99 Å². The Kier molecular flexibility index (Phi) is 32.7. The highest BCUT2D eigenvalue weighted by Crippen LogP contribution is 2.34. The Morgan fingerprint density at radius 2 is 0.671 bits per heavy atom. The molecule has 0 heterocycles. The second-order valence-electron chi connectivity index (χ2n) is 22.8. The quantitative estimate of drug-likeness (QED) is 0.0246. The lowest BCUT2D eigenvalue weighted by atomic mass is 10.4. The molecule has 0 rings (SSSR count). The molecule has 0 aromatic heterocycles. The minimum absolute atomic E-state index is 0.211. The van der Waals surface area contributed by atoms with Crippen LogP contribution in [-0.2, 0) is 62.4 Å². The van der Waals surface area contributed by atoms with Gasteiger partial charge in [-0.15, -0.1) is 0 Å². The summed E-state index contributed by atoms with van der Waals surface area (Å²) in [5, 5.41) is 0. The average molecular weight is 1290 g/mol. The summed E-state index contributed by atoms with van der Waals surface area (Å²) in [5.74, 6) is 0. The van der Waals surface area contributed by atoms with Crippen LogP contribution >= 0.6 is 0 Å². The van der Waals surface area contributed by atoms with Crippen molar-refractivity contribution in [3.05, 3.63) is 0 Å². The van der Waals surface area contributed by atoms with Crippen LogP contribution < -0.4 is 0 Å². The van der Waals surface area contributed by atoms with Crippen LogP contribution in [-0.4, -0.2) is 175 Å². The molecule has 16 nitrogen and oxygen atoms in total. The molecule has 70 heavy (non-hydrogen) atoms. The van der Waals surface area contributed by atoms with Crippen molar-refractivity contribution in [1.29, 1.82) is 0 Å². The van der Waals surface area contributed by atoms with E-state index in [2.05, 4.69) is 177 Å². The van der Waals surface area contributed by atoms with Gasteiger partial charge in [0.05, 0.1) is 6.54 Å². The minimum Gasteiger partial charge on any atom is -0.458 e. The number of hydrogen-bond donors (Lipinski definition) is 0. The van der Waals surface area contributed by atoms with Gasteiger partial charge in [-0.05, 0) is 193 Å². The zero-order chi connectivity index (χ0) is 54.6. The monoisotopic (exact) mass is 1280 g/mol. The molecule has 0 unspecified atom stereocenters. The van der Waals surface area contributed by atoms with Gasteiger partial charge in [0.1, 0.15) is 0 Å². The first kappa shape index (κ1) is 72.7. The van der Waals surface area contributed by atoms with Crippen molar-refractivity contribution < 1.29 is 62.4 Å². The van der Waals surface area contributed by atoms with Crippen LogP contribution in [0.15, 0.2) is 4.99 Å². The first-order chi connectivity index (χ1) is 31.5. The molecule has 34 heteroatoms. The van der Waals surface area contributed by atoms with Crippen molar-refractivity contribution in [3.63, 3.8) is 0 Å². The third kappa shape index (κ3) is 36.0. The molecule has 0 N–H and O–H groups in total. The van der Waals surface area contributed by atoms with Crippen molar-refractivity contribution in [3.8, 4) is 0 Å². The van der Waals surface area contributed by atoms with Crippen LogP contribution in [0, 0.1) is 0 Å². The summed E-state index contributed by atoms with van der Waals surface area (Å²) in [6.07, 6.45) is 4.62. The van der Waals surface area contributed by atoms with Gasteiger partial charge in [0.25, 0.3) is 0 Å². The molecule has 0 aliphatic rings. The van der Waals surface area contributed by atoms with Crippen molar-refractivity contribution in [2.75, 3.05) is 6.54 Å². The summed E-state index contributed by atoms with van der Waals surface area (Å²) in [5.41, 5.74) is 0. The number of aliphatic imine (C=N–C) groups is 1. The van der Waals surface area contributed by atoms with Crippen molar-refractivity contribution >= 4 is 168 Å². The topological polar surface area (TPSA) is 159 Å². The maximum atomic E-state index is 10.9. The van der Waals surface area contributed by atoms with Gasteiger partial charge in [-0.3, -0.25) is 0 Å². The lowest BCUT2D eigenvalue weighted by molar-refractivity contribution is 0.256. The Hall–Kier alpha value is 2.72. The molecule has 404 valence electrons. The molecule has 0 aromatic carbocycles. The van der Waals surface area contributed by atoms with Gasteiger partial charge >= 0.3 is 77.3 Å². The highest BCUT2D eigenvalue weighted by Gasteiger charge is 2.51. The van der Waals surface area contributed by atoms with Gasteiger partial charge in [-0.1, -0.05) is 19.8 Å². The van der Waals surface area contributed by atoms with Crippen molar-refractivity contribution in [1.82, 2.24) is 0 Å². The maximum absolute atomic E-state index is 10.9. The number of carbonyl (C=O) groups excluding carboxylic acids is 1. The standard InChI is InChI=1S/C36H93NO15Si18/c1-24-25-32-59(2,3)43-62(8,9)46-64(12,13)48-66(16,17)50-68(20,21)52-69(22,23)51-67(18,19)49-65(14,15)47-63(10,11)44-60(4,5)34-35-61(6,7)45-70(33-26-27-37-36-38,41-57-30-28-55-39-53)42-58-31-29-56-40-54/h24-35H2,1-23H3. The SMILES string of the molecule is CCCC[Si](C)(C)O[Si](C)(C)O[Si](C)(C)O[Si](C)(C)O[Si](C)(C)O[Si](C)(C)O[Si](C)(C)O[Si](C)(C)O[Si](C)(C)O[Si](C)(C)CC[Si](C)(C)O[Si](CCCN=C=O)(O[Si]CC[Si]O[Si])O[Si]CC[Si]O[Si]. The first-order valence-corrected chi connectivity index (χ1v) is 63.6. The summed E-state index contributed by atoms with van der Waals surface area (Å²) in [4.78, 5) is 14.7. The minimum atomic E-state index is -3.15. The van der Waals surface area contributed by atoms with E-state index in [9.17, 15) is 4.79 Å². The molecule has 0 saturated carbocycles. The zero-order valence-electron chi connectivity index (χ0n) is 47.6. The number of nitrogens with zero attached hydrogens (tertiary/aromatic N) is 1. The van der Waals surface area contributed by atoms with Crippen LogP contribution in [0.3, 0.4) is 0 Å². The fraction of sp³-hybridized carbons (Fsp3) is 0.972. The van der Waals surface area contributed by atoms with E-state index >= 15 is 0 Å². The molecular formula is C36H93NO15Si18. The molecule has 0 aromatic rings. The van der Waals surface area contributed by atoms with E-state index in [0.29, 0.717) is 38.5 Å². The van der Waals surface area contributed by atoms with E-state index in [1.807, 2.05) is 0 Å². The van der Waals surface area contributed by atoms with Crippen molar-refractivity contribution in [2.45, 2.75) is 219 Å². The van der Waals surface area contributed by atoms with Gasteiger partial charge in [-0.2, -0.15) is 0 Å². The number of hydrogen-bond acceptors (Lipinski definition) is 16. The third-order valence-corrected chi connectivity index (χ3v) is 62.3. The van der Waals surface area contributed by atoms with Gasteiger partial charge in [0, 0.05) is 6.04 Å². The number of rotatable bonds is 42. The van der Waals surface area contributed by atoms with Gasteiger partial charge < -0.3 is 57.6 Å². The smallest absolute Gasteiger partial charge is 0.458 e. The molecule has 0 fully saturated rings. The molecule has 0 bridgehead atoms. The van der Waals surface area contributed by atoms with E-state index < -0.39 is 102 Å². The van der Waals surface area contributed by atoms with Crippen LogP contribution in [0.2, 0.25) is 192 Å². The lowest BCUT2D eigenvalue weighted by Gasteiger charge is -2.45. The predicted molar refractivity (Wildman–Crippen MR) is 319 cm³/mol. The molecule has 14 radical (unpaired) electrons.